The van der Waals surface area contributed by atoms with Crippen molar-refractivity contribution in [1.29, 1.82) is 0 Å². The van der Waals surface area contributed by atoms with Crippen LogP contribution in [-0.4, -0.2) is 4.98 Å². The number of aryl methyl sites for hydroxylation is 1. The zero-order valence-electron chi connectivity index (χ0n) is 10.7. The molecule has 3 rings (SSSR count). The van der Waals surface area contributed by atoms with Crippen LogP contribution in [0.1, 0.15) is 49.8 Å². The van der Waals surface area contributed by atoms with Crippen LogP contribution in [-0.2, 0) is 5.54 Å². The Kier molecular flexibility index (Phi) is 2.70. The molecule has 0 radical (unpaired) electrons. The van der Waals surface area contributed by atoms with E-state index in [-0.39, 0.29) is 5.54 Å². The molecular formula is C15H22N2. The first-order valence-electron chi connectivity index (χ1n) is 6.89. The average molecular weight is 230 g/mol. The Hall–Kier alpha value is -0.890. The van der Waals surface area contributed by atoms with Gasteiger partial charge in [0.2, 0.25) is 0 Å². The van der Waals surface area contributed by atoms with Crippen molar-refractivity contribution < 1.29 is 0 Å². The highest BCUT2D eigenvalue weighted by molar-refractivity contribution is 5.23. The second-order valence-corrected chi connectivity index (χ2v) is 6.04. The van der Waals surface area contributed by atoms with Gasteiger partial charge in [-0.3, -0.25) is 4.98 Å². The largest absolute Gasteiger partial charge is 0.321 e. The number of pyridine rings is 1. The third kappa shape index (κ3) is 2.23. The summed E-state index contributed by atoms with van der Waals surface area (Å²) in [6.07, 6.45) is 9.84. The summed E-state index contributed by atoms with van der Waals surface area (Å²) in [5, 5.41) is 0. The van der Waals surface area contributed by atoms with Crippen LogP contribution in [0.2, 0.25) is 0 Å². The van der Waals surface area contributed by atoms with Crippen molar-refractivity contribution in [2.45, 2.75) is 51.0 Å². The number of hydrogen-bond donors (Lipinski definition) is 1. The standard InChI is InChI=1S/C15H22N2/c1-11-4-7-14(10-17-11)15(16)8-2-3-13(9-15)12-5-6-12/h4,7,10,12-13H,2-3,5-6,8-9,16H2,1H3. The van der Waals surface area contributed by atoms with Crippen LogP contribution in [0.5, 0.6) is 0 Å². The zero-order valence-corrected chi connectivity index (χ0v) is 10.7. The summed E-state index contributed by atoms with van der Waals surface area (Å²) in [7, 11) is 0. The maximum atomic E-state index is 6.65. The molecule has 0 spiro atoms. The van der Waals surface area contributed by atoms with E-state index in [4.69, 9.17) is 5.73 Å². The predicted octanol–water partition coefficient (Wildman–Crippen LogP) is 3.14. The Morgan fingerprint density at radius 2 is 2.06 bits per heavy atom. The minimum absolute atomic E-state index is 0.105. The molecule has 92 valence electrons. The summed E-state index contributed by atoms with van der Waals surface area (Å²) in [5.41, 5.74) is 8.86. The van der Waals surface area contributed by atoms with Crippen LogP contribution >= 0.6 is 0 Å². The van der Waals surface area contributed by atoms with E-state index in [1.54, 1.807) is 0 Å². The van der Waals surface area contributed by atoms with Gasteiger partial charge in [0.1, 0.15) is 0 Å². The molecule has 0 aliphatic heterocycles. The maximum Gasteiger partial charge on any atom is 0.0427 e. The lowest BCUT2D eigenvalue weighted by Crippen LogP contribution is -2.42. The fraction of sp³-hybridized carbons (Fsp3) is 0.667. The molecular weight excluding hydrogens is 208 g/mol. The molecule has 2 nitrogen and oxygen atoms in total. The number of hydrogen-bond acceptors (Lipinski definition) is 2. The van der Waals surface area contributed by atoms with E-state index in [0.29, 0.717) is 0 Å². The van der Waals surface area contributed by atoms with Crippen molar-refractivity contribution in [3.8, 4) is 0 Å². The maximum absolute atomic E-state index is 6.65. The normalized spacial score (nSPS) is 33.6. The van der Waals surface area contributed by atoms with Crippen LogP contribution in [0.3, 0.4) is 0 Å². The van der Waals surface area contributed by atoms with Crippen molar-refractivity contribution in [3.63, 3.8) is 0 Å². The second-order valence-electron chi connectivity index (χ2n) is 6.04. The fourth-order valence-corrected chi connectivity index (χ4v) is 3.35. The van der Waals surface area contributed by atoms with Gasteiger partial charge in [-0.15, -0.1) is 0 Å². The second kappa shape index (κ2) is 4.09. The third-order valence-electron chi connectivity index (χ3n) is 4.60. The van der Waals surface area contributed by atoms with Gasteiger partial charge in [-0.05, 0) is 56.1 Å². The van der Waals surface area contributed by atoms with Crippen LogP contribution in [0.4, 0.5) is 0 Å². The number of nitrogens with two attached hydrogens (primary N) is 1. The number of rotatable bonds is 2. The van der Waals surface area contributed by atoms with Crippen molar-refractivity contribution in [1.82, 2.24) is 4.98 Å². The SMILES string of the molecule is Cc1ccc(C2(N)CCCC(C3CC3)C2)cn1. The average Bonchev–Trinajstić information content (AvgIpc) is 3.13. The van der Waals surface area contributed by atoms with Gasteiger partial charge in [-0.2, -0.15) is 0 Å². The van der Waals surface area contributed by atoms with E-state index in [1.807, 2.05) is 13.1 Å². The highest BCUT2D eigenvalue weighted by Crippen LogP contribution is 2.48. The molecule has 0 amide bonds. The minimum atomic E-state index is -0.105. The van der Waals surface area contributed by atoms with E-state index in [1.165, 1.54) is 37.7 Å². The first-order chi connectivity index (χ1) is 8.17. The highest BCUT2D eigenvalue weighted by Gasteiger charge is 2.40. The van der Waals surface area contributed by atoms with Crippen LogP contribution in [0.25, 0.3) is 0 Å². The number of aromatic nitrogens is 1. The van der Waals surface area contributed by atoms with Crippen molar-refractivity contribution in [3.05, 3.63) is 29.6 Å². The molecule has 1 heterocycles. The van der Waals surface area contributed by atoms with Crippen LogP contribution in [0.15, 0.2) is 18.3 Å². The first-order valence-corrected chi connectivity index (χ1v) is 6.89. The fourth-order valence-electron chi connectivity index (χ4n) is 3.35. The molecule has 2 atom stereocenters. The molecule has 2 N–H and O–H groups in total. The molecule has 0 aromatic carbocycles. The quantitative estimate of drug-likeness (QED) is 0.847. The molecule has 2 unspecified atom stereocenters. The van der Waals surface area contributed by atoms with Crippen molar-refractivity contribution >= 4 is 0 Å². The lowest BCUT2D eigenvalue weighted by molar-refractivity contribution is 0.206. The van der Waals surface area contributed by atoms with Gasteiger partial charge in [-0.1, -0.05) is 18.9 Å². The molecule has 1 aromatic rings. The molecule has 0 bridgehead atoms. The van der Waals surface area contributed by atoms with Crippen LogP contribution in [0, 0.1) is 18.8 Å². The summed E-state index contributed by atoms with van der Waals surface area (Å²) in [4.78, 5) is 4.41. The topological polar surface area (TPSA) is 38.9 Å². The summed E-state index contributed by atoms with van der Waals surface area (Å²) >= 11 is 0. The highest BCUT2D eigenvalue weighted by atomic mass is 14.8. The molecule has 1 aromatic heterocycles. The lowest BCUT2D eigenvalue weighted by Gasteiger charge is -2.38. The van der Waals surface area contributed by atoms with E-state index >= 15 is 0 Å². The monoisotopic (exact) mass is 230 g/mol. The van der Waals surface area contributed by atoms with Gasteiger partial charge in [0.15, 0.2) is 0 Å². The lowest BCUT2D eigenvalue weighted by atomic mass is 9.71. The van der Waals surface area contributed by atoms with Crippen molar-refractivity contribution in [2.24, 2.45) is 17.6 Å². The van der Waals surface area contributed by atoms with Gasteiger partial charge >= 0.3 is 0 Å². The van der Waals surface area contributed by atoms with E-state index in [0.717, 1.165) is 24.0 Å². The van der Waals surface area contributed by atoms with Gasteiger partial charge < -0.3 is 5.73 Å². The zero-order chi connectivity index (χ0) is 11.9. The first kappa shape index (κ1) is 11.2. The molecule has 2 heteroatoms. The smallest absolute Gasteiger partial charge is 0.0427 e. The number of nitrogens with zero attached hydrogens (tertiary/aromatic N) is 1. The van der Waals surface area contributed by atoms with E-state index in [2.05, 4.69) is 17.1 Å². The van der Waals surface area contributed by atoms with Gasteiger partial charge in [0.05, 0.1) is 0 Å². The predicted molar refractivity (Wildman–Crippen MR) is 69.5 cm³/mol. The van der Waals surface area contributed by atoms with Gasteiger partial charge in [-0.25, -0.2) is 0 Å². The Labute approximate surface area is 104 Å². The van der Waals surface area contributed by atoms with E-state index in [9.17, 15) is 0 Å². The van der Waals surface area contributed by atoms with Gasteiger partial charge in [0, 0.05) is 17.4 Å². The molecule has 2 saturated carbocycles. The van der Waals surface area contributed by atoms with Gasteiger partial charge in [0.25, 0.3) is 0 Å². The van der Waals surface area contributed by atoms with Crippen molar-refractivity contribution in [2.75, 3.05) is 0 Å². The molecule has 2 fully saturated rings. The summed E-state index contributed by atoms with van der Waals surface area (Å²) in [6.45, 7) is 2.03. The molecule has 2 aliphatic carbocycles. The Morgan fingerprint density at radius 3 is 2.71 bits per heavy atom. The summed E-state index contributed by atoms with van der Waals surface area (Å²) in [5.74, 6) is 1.85. The minimum Gasteiger partial charge on any atom is -0.321 e. The Bertz CT molecular complexity index is 394. The summed E-state index contributed by atoms with van der Waals surface area (Å²) < 4.78 is 0. The Balaban J connectivity index is 1.81. The summed E-state index contributed by atoms with van der Waals surface area (Å²) in [6, 6.07) is 4.27. The third-order valence-corrected chi connectivity index (χ3v) is 4.60. The van der Waals surface area contributed by atoms with Crippen LogP contribution < -0.4 is 5.73 Å². The molecule has 17 heavy (non-hydrogen) atoms. The Morgan fingerprint density at radius 1 is 1.24 bits per heavy atom. The molecule has 0 saturated heterocycles. The van der Waals surface area contributed by atoms with E-state index < -0.39 is 0 Å². The molecule has 2 aliphatic rings.